The molecule has 0 radical (unpaired) electrons. The molecule has 60 valence electrons. The zero-order valence-corrected chi connectivity index (χ0v) is 6.66. The second-order valence-corrected chi connectivity index (χ2v) is 2.10. The fourth-order valence-electron chi connectivity index (χ4n) is 0.815. The van der Waals surface area contributed by atoms with E-state index in [0.29, 0.717) is 12.3 Å². The van der Waals surface area contributed by atoms with Gasteiger partial charge in [0.15, 0.2) is 0 Å². The van der Waals surface area contributed by atoms with Crippen molar-refractivity contribution in [2.24, 2.45) is 7.05 Å². The van der Waals surface area contributed by atoms with E-state index in [1.165, 1.54) is 0 Å². The second-order valence-electron chi connectivity index (χ2n) is 2.10. The molecule has 0 bridgehead atoms. The first-order chi connectivity index (χ1) is 5.25. The zero-order valence-electron chi connectivity index (χ0n) is 6.66. The molecule has 0 aliphatic rings. The predicted octanol–water partition coefficient (Wildman–Crippen LogP) is 0.782. The average Bonchev–Trinajstić information content (AvgIpc) is 2.36. The van der Waals surface area contributed by atoms with E-state index in [-0.39, 0.29) is 5.90 Å². The minimum absolute atomic E-state index is 0.174. The summed E-state index contributed by atoms with van der Waals surface area (Å²) in [4.78, 5) is 0. The molecule has 0 saturated heterocycles. The third-order valence-electron chi connectivity index (χ3n) is 1.34. The van der Waals surface area contributed by atoms with Gasteiger partial charge >= 0.3 is 0 Å². The molecule has 0 aromatic carbocycles. The normalized spacial score (nSPS) is 9.64. The molecule has 4 heteroatoms. The molecule has 1 N–H and O–H groups in total. The first kappa shape index (κ1) is 7.78. The van der Waals surface area contributed by atoms with E-state index < -0.39 is 0 Å². The highest BCUT2D eigenvalue weighted by molar-refractivity contribution is 5.89. The van der Waals surface area contributed by atoms with Crippen LogP contribution in [0.1, 0.15) is 12.6 Å². The smallest absolute Gasteiger partial charge is 0.232 e. The molecule has 0 aliphatic carbocycles. The molecule has 0 spiro atoms. The highest BCUT2D eigenvalue weighted by Gasteiger charge is 2.04. The number of hydrogen-bond acceptors (Lipinski definition) is 3. The Labute approximate surface area is 65.3 Å². The lowest BCUT2D eigenvalue weighted by molar-refractivity contribution is 0.323. The fraction of sp³-hybridized carbons (Fsp3) is 0.429. The quantitative estimate of drug-likeness (QED) is 0.504. The molecule has 0 saturated carbocycles. The summed E-state index contributed by atoms with van der Waals surface area (Å²) in [5.41, 5.74) is 0.701. The molecule has 1 heterocycles. The number of rotatable bonds is 2. The molecule has 0 unspecified atom stereocenters. The van der Waals surface area contributed by atoms with Gasteiger partial charge in [0.05, 0.1) is 6.61 Å². The predicted molar refractivity (Wildman–Crippen MR) is 41.7 cm³/mol. The van der Waals surface area contributed by atoms with Gasteiger partial charge < -0.3 is 4.74 Å². The molecule has 1 rings (SSSR count). The van der Waals surface area contributed by atoms with Crippen molar-refractivity contribution in [2.75, 3.05) is 6.61 Å². The first-order valence-corrected chi connectivity index (χ1v) is 3.45. The maximum atomic E-state index is 7.40. The van der Waals surface area contributed by atoms with Crippen LogP contribution in [0.4, 0.5) is 0 Å². The molecule has 1 aromatic heterocycles. The molecular weight excluding hydrogens is 142 g/mol. The van der Waals surface area contributed by atoms with Crippen LogP contribution in [0.5, 0.6) is 0 Å². The van der Waals surface area contributed by atoms with E-state index in [9.17, 15) is 0 Å². The number of ether oxygens (including phenoxy) is 1. The Morgan fingerprint density at radius 3 is 3.00 bits per heavy atom. The SMILES string of the molecule is CCOC(=N)c1ccnn1C. The lowest BCUT2D eigenvalue weighted by atomic mass is 10.4. The van der Waals surface area contributed by atoms with Gasteiger partial charge in [-0.05, 0) is 13.0 Å². The molecule has 0 atom stereocenters. The van der Waals surface area contributed by atoms with Gasteiger partial charge in [-0.15, -0.1) is 0 Å². The third kappa shape index (κ3) is 1.58. The minimum atomic E-state index is 0.174. The van der Waals surface area contributed by atoms with Crippen LogP contribution in [0.3, 0.4) is 0 Å². The number of nitrogens with one attached hydrogen (secondary N) is 1. The Hall–Kier alpha value is -1.32. The minimum Gasteiger partial charge on any atom is -0.477 e. The lowest BCUT2D eigenvalue weighted by Crippen LogP contribution is -2.10. The maximum absolute atomic E-state index is 7.40. The Morgan fingerprint density at radius 2 is 2.55 bits per heavy atom. The van der Waals surface area contributed by atoms with Gasteiger partial charge in [0.2, 0.25) is 5.90 Å². The largest absolute Gasteiger partial charge is 0.477 e. The number of nitrogens with zero attached hydrogens (tertiary/aromatic N) is 2. The lowest BCUT2D eigenvalue weighted by Gasteiger charge is -2.03. The van der Waals surface area contributed by atoms with Crippen LogP contribution in [0.25, 0.3) is 0 Å². The van der Waals surface area contributed by atoms with Crippen LogP contribution < -0.4 is 0 Å². The summed E-state index contributed by atoms with van der Waals surface area (Å²) in [7, 11) is 1.78. The molecular formula is C7H11N3O. The van der Waals surface area contributed by atoms with Gasteiger partial charge in [-0.2, -0.15) is 5.10 Å². The van der Waals surface area contributed by atoms with Crippen molar-refractivity contribution in [3.8, 4) is 0 Å². The Kier molecular flexibility index (Phi) is 2.25. The van der Waals surface area contributed by atoms with Gasteiger partial charge in [0, 0.05) is 13.2 Å². The topological polar surface area (TPSA) is 50.9 Å². The molecule has 0 aliphatic heterocycles. The standard InChI is InChI=1S/C7H11N3O/c1-3-11-7(8)6-4-5-9-10(6)2/h4-5,8H,3H2,1-2H3. The molecule has 1 aromatic rings. The summed E-state index contributed by atoms with van der Waals surface area (Å²) in [5, 5.41) is 11.3. The van der Waals surface area contributed by atoms with Crippen LogP contribution in [0, 0.1) is 5.41 Å². The number of aryl methyl sites for hydroxylation is 1. The summed E-state index contributed by atoms with van der Waals surface area (Å²) < 4.78 is 6.60. The van der Waals surface area contributed by atoms with Gasteiger partial charge in [0.25, 0.3) is 0 Å². The molecule has 4 nitrogen and oxygen atoms in total. The Morgan fingerprint density at radius 1 is 1.82 bits per heavy atom. The molecule has 0 amide bonds. The van der Waals surface area contributed by atoms with Gasteiger partial charge in [-0.3, -0.25) is 10.1 Å². The van der Waals surface area contributed by atoms with Crippen LogP contribution in [0.2, 0.25) is 0 Å². The van der Waals surface area contributed by atoms with Crippen molar-refractivity contribution in [3.63, 3.8) is 0 Å². The summed E-state index contributed by atoms with van der Waals surface area (Å²) >= 11 is 0. The highest BCUT2D eigenvalue weighted by atomic mass is 16.5. The fourth-order valence-corrected chi connectivity index (χ4v) is 0.815. The van der Waals surface area contributed by atoms with E-state index >= 15 is 0 Å². The van der Waals surface area contributed by atoms with Gasteiger partial charge in [0.1, 0.15) is 5.69 Å². The van der Waals surface area contributed by atoms with Crippen LogP contribution >= 0.6 is 0 Å². The van der Waals surface area contributed by atoms with E-state index in [4.69, 9.17) is 10.1 Å². The Bertz CT molecular complexity index is 254. The van der Waals surface area contributed by atoms with Crippen molar-refractivity contribution >= 4 is 5.90 Å². The van der Waals surface area contributed by atoms with Crippen molar-refractivity contribution < 1.29 is 4.74 Å². The maximum Gasteiger partial charge on any atom is 0.232 e. The summed E-state index contributed by atoms with van der Waals surface area (Å²) in [5.74, 6) is 0.174. The molecule has 0 fully saturated rings. The van der Waals surface area contributed by atoms with Gasteiger partial charge in [-0.25, -0.2) is 0 Å². The van der Waals surface area contributed by atoms with Gasteiger partial charge in [-0.1, -0.05) is 0 Å². The second kappa shape index (κ2) is 3.18. The highest BCUT2D eigenvalue weighted by Crippen LogP contribution is 1.98. The summed E-state index contributed by atoms with van der Waals surface area (Å²) in [6, 6.07) is 1.75. The van der Waals surface area contributed by atoms with E-state index in [1.807, 2.05) is 6.92 Å². The van der Waals surface area contributed by atoms with Crippen molar-refractivity contribution in [1.82, 2.24) is 9.78 Å². The van der Waals surface area contributed by atoms with E-state index in [0.717, 1.165) is 0 Å². The van der Waals surface area contributed by atoms with Crippen LogP contribution in [0.15, 0.2) is 12.3 Å². The molecule has 11 heavy (non-hydrogen) atoms. The monoisotopic (exact) mass is 153 g/mol. The number of aromatic nitrogens is 2. The summed E-state index contributed by atoms with van der Waals surface area (Å²) in [6.45, 7) is 2.37. The van der Waals surface area contributed by atoms with Crippen LogP contribution in [-0.4, -0.2) is 22.3 Å². The average molecular weight is 153 g/mol. The zero-order chi connectivity index (χ0) is 8.27. The first-order valence-electron chi connectivity index (χ1n) is 3.45. The Balaban J connectivity index is 2.76. The van der Waals surface area contributed by atoms with Crippen molar-refractivity contribution in [3.05, 3.63) is 18.0 Å². The van der Waals surface area contributed by atoms with Crippen molar-refractivity contribution in [1.29, 1.82) is 5.41 Å². The number of hydrogen-bond donors (Lipinski definition) is 1. The summed E-state index contributed by atoms with van der Waals surface area (Å²) in [6.07, 6.45) is 1.64. The van der Waals surface area contributed by atoms with E-state index in [1.54, 1.807) is 24.0 Å². The third-order valence-corrected chi connectivity index (χ3v) is 1.34. The van der Waals surface area contributed by atoms with Crippen molar-refractivity contribution in [2.45, 2.75) is 6.92 Å². The van der Waals surface area contributed by atoms with E-state index in [2.05, 4.69) is 5.10 Å². The van der Waals surface area contributed by atoms with Crippen LogP contribution in [-0.2, 0) is 11.8 Å².